The number of benzene rings is 1. The third-order valence-corrected chi connectivity index (χ3v) is 5.18. The number of amides is 2. The molecule has 1 fully saturated rings. The molecule has 23 heavy (non-hydrogen) atoms. The summed E-state index contributed by atoms with van der Waals surface area (Å²) < 4.78 is 22.7. The molecule has 2 amide bonds. The van der Waals surface area contributed by atoms with Crippen molar-refractivity contribution in [3.05, 3.63) is 29.3 Å². The molecule has 1 saturated heterocycles. The molecular formula is C16H25N3O3S. The number of urea groups is 1. The Hall–Kier alpha value is -1.60. The average molecular weight is 339 g/mol. The number of primary sulfonamides is 1. The smallest absolute Gasteiger partial charge is 0.317 e. The topological polar surface area (TPSA) is 92.5 Å². The Kier molecular flexibility index (Phi) is 5.64. The molecule has 128 valence electrons. The molecule has 0 aromatic heterocycles. The van der Waals surface area contributed by atoms with E-state index in [1.54, 1.807) is 6.07 Å². The summed E-state index contributed by atoms with van der Waals surface area (Å²) in [6, 6.07) is 4.64. The predicted molar refractivity (Wildman–Crippen MR) is 89.4 cm³/mol. The minimum atomic E-state index is -3.70. The van der Waals surface area contributed by atoms with Gasteiger partial charge in [0.1, 0.15) is 0 Å². The van der Waals surface area contributed by atoms with Gasteiger partial charge in [0.05, 0.1) is 4.90 Å². The number of carbonyl (C=O) groups excluding carboxylic acids is 1. The molecule has 0 radical (unpaired) electrons. The highest BCUT2D eigenvalue weighted by atomic mass is 32.2. The van der Waals surface area contributed by atoms with Crippen LogP contribution >= 0.6 is 0 Å². The lowest BCUT2D eigenvalue weighted by molar-refractivity contribution is 0.193. The van der Waals surface area contributed by atoms with Gasteiger partial charge in [-0.25, -0.2) is 18.4 Å². The summed E-state index contributed by atoms with van der Waals surface area (Å²) in [7, 11) is -3.70. The van der Waals surface area contributed by atoms with Crippen LogP contribution in [0.25, 0.3) is 0 Å². The number of rotatable bonds is 3. The zero-order valence-corrected chi connectivity index (χ0v) is 14.5. The largest absolute Gasteiger partial charge is 0.334 e. The van der Waals surface area contributed by atoms with Gasteiger partial charge in [0, 0.05) is 19.6 Å². The van der Waals surface area contributed by atoms with Crippen molar-refractivity contribution < 1.29 is 13.2 Å². The van der Waals surface area contributed by atoms with Crippen LogP contribution in [0.5, 0.6) is 0 Å². The normalized spacial score (nSPS) is 19.3. The number of sulfonamides is 1. The van der Waals surface area contributed by atoms with E-state index in [0.29, 0.717) is 12.5 Å². The van der Waals surface area contributed by atoms with Gasteiger partial charge in [-0.3, -0.25) is 0 Å². The first kappa shape index (κ1) is 17.7. The summed E-state index contributed by atoms with van der Waals surface area (Å²) in [5, 5.41) is 8.04. The SMILES string of the molecule is Cc1cc(S(N)(=O)=O)ccc1CNC(=O)N1CCCC[C@@H](C)C1. The van der Waals surface area contributed by atoms with E-state index in [1.165, 1.54) is 18.6 Å². The monoisotopic (exact) mass is 339 g/mol. The minimum Gasteiger partial charge on any atom is -0.334 e. The van der Waals surface area contributed by atoms with E-state index in [1.807, 2.05) is 11.8 Å². The van der Waals surface area contributed by atoms with E-state index >= 15 is 0 Å². The zero-order chi connectivity index (χ0) is 17.0. The first-order valence-corrected chi connectivity index (χ1v) is 9.47. The van der Waals surface area contributed by atoms with Crippen molar-refractivity contribution in [2.45, 2.75) is 44.6 Å². The fourth-order valence-corrected chi connectivity index (χ4v) is 3.46. The molecule has 3 N–H and O–H groups in total. The van der Waals surface area contributed by atoms with Crippen LogP contribution in [0.3, 0.4) is 0 Å². The van der Waals surface area contributed by atoms with Crippen LogP contribution in [0.2, 0.25) is 0 Å². The second-order valence-corrected chi connectivity index (χ2v) is 7.90. The molecule has 1 atom stereocenters. The van der Waals surface area contributed by atoms with Crippen LogP contribution in [-0.4, -0.2) is 32.4 Å². The Bertz CT molecular complexity index is 673. The Labute approximate surface area is 138 Å². The first-order valence-electron chi connectivity index (χ1n) is 7.92. The third kappa shape index (κ3) is 4.94. The summed E-state index contributed by atoms with van der Waals surface area (Å²) >= 11 is 0. The first-order chi connectivity index (χ1) is 10.8. The van der Waals surface area contributed by atoms with Crippen LogP contribution in [0.4, 0.5) is 4.79 Å². The highest BCUT2D eigenvalue weighted by Crippen LogP contribution is 2.17. The number of nitrogens with one attached hydrogen (secondary N) is 1. The Morgan fingerprint density at radius 1 is 1.39 bits per heavy atom. The molecule has 6 nitrogen and oxygen atoms in total. The van der Waals surface area contributed by atoms with Gasteiger partial charge in [-0.05, 0) is 48.9 Å². The molecule has 2 rings (SSSR count). The van der Waals surface area contributed by atoms with Crippen LogP contribution in [-0.2, 0) is 16.6 Å². The van der Waals surface area contributed by atoms with Gasteiger partial charge in [0.25, 0.3) is 0 Å². The van der Waals surface area contributed by atoms with E-state index < -0.39 is 10.0 Å². The van der Waals surface area contributed by atoms with Gasteiger partial charge >= 0.3 is 6.03 Å². The lowest BCUT2D eigenvalue weighted by atomic mass is 10.1. The summed E-state index contributed by atoms with van der Waals surface area (Å²) in [4.78, 5) is 14.3. The summed E-state index contributed by atoms with van der Waals surface area (Å²) in [6.45, 7) is 5.93. The van der Waals surface area contributed by atoms with Crippen molar-refractivity contribution in [1.82, 2.24) is 10.2 Å². The average Bonchev–Trinajstić information content (AvgIpc) is 2.69. The predicted octanol–water partition coefficient (Wildman–Crippen LogP) is 1.97. The molecular weight excluding hydrogens is 314 g/mol. The van der Waals surface area contributed by atoms with Crippen molar-refractivity contribution in [2.24, 2.45) is 11.1 Å². The number of nitrogens with two attached hydrogens (primary N) is 1. The molecule has 1 heterocycles. The van der Waals surface area contributed by atoms with Gasteiger partial charge in [0.15, 0.2) is 0 Å². The lowest BCUT2D eigenvalue weighted by Gasteiger charge is -2.23. The van der Waals surface area contributed by atoms with Gasteiger partial charge in [0.2, 0.25) is 10.0 Å². The molecule has 0 saturated carbocycles. The highest BCUT2D eigenvalue weighted by molar-refractivity contribution is 7.89. The minimum absolute atomic E-state index is 0.0614. The standard InChI is InChI=1S/C16H25N3O3S/c1-12-5-3-4-8-19(11-12)16(20)18-10-14-6-7-15(9-13(14)2)23(17,21)22/h6-7,9,12H,3-5,8,10-11H2,1-2H3,(H,18,20)(H2,17,21,22)/t12-/m1/s1. The fraction of sp³-hybridized carbons (Fsp3) is 0.562. The van der Waals surface area contributed by atoms with Crippen molar-refractivity contribution in [2.75, 3.05) is 13.1 Å². The van der Waals surface area contributed by atoms with Crippen molar-refractivity contribution in [1.29, 1.82) is 0 Å². The van der Waals surface area contributed by atoms with Crippen molar-refractivity contribution >= 4 is 16.1 Å². The Morgan fingerprint density at radius 3 is 2.78 bits per heavy atom. The quantitative estimate of drug-likeness (QED) is 0.882. The molecule has 1 aliphatic rings. The number of carbonyl (C=O) groups is 1. The van der Waals surface area contributed by atoms with Crippen molar-refractivity contribution in [3.8, 4) is 0 Å². The number of hydrogen-bond acceptors (Lipinski definition) is 3. The fourth-order valence-electron chi connectivity index (χ4n) is 2.87. The molecule has 1 aliphatic heterocycles. The zero-order valence-electron chi connectivity index (χ0n) is 13.7. The van der Waals surface area contributed by atoms with E-state index in [-0.39, 0.29) is 10.9 Å². The van der Waals surface area contributed by atoms with Crippen LogP contribution < -0.4 is 10.5 Å². The number of likely N-dealkylation sites (tertiary alicyclic amines) is 1. The van der Waals surface area contributed by atoms with Crippen LogP contribution in [0, 0.1) is 12.8 Å². The Morgan fingerprint density at radius 2 is 2.13 bits per heavy atom. The summed E-state index contributed by atoms with van der Waals surface area (Å²) in [5.41, 5.74) is 1.68. The maximum atomic E-state index is 12.3. The van der Waals surface area contributed by atoms with Crippen LogP contribution in [0.1, 0.15) is 37.3 Å². The van der Waals surface area contributed by atoms with Gasteiger partial charge in [-0.1, -0.05) is 19.4 Å². The summed E-state index contributed by atoms with van der Waals surface area (Å²) in [5.74, 6) is 0.527. The molecule has 0 unspecified atom stereocenters. The number of aryl methyl sites for hydroxylation is 1. The lowest BCUT2D eigenvalue weighted by Crippen LogP contribution is -2.41. The van der Waals surface area contributed by atoms with Gasteiger partial charge < -0.3 is 10.2 Å². The van der Waals surface area contributed by atoms with Crippen LogP contribution in [0.15, 0.2) is 23.1 Å². The van der Waals surface area contributed by atoms with Crippen molar-refractivity contribution in [3.63, 3.8) is 0 Å². The molecule has 0 bridgehead atoms. The molecule has 0 aliphatic carbocycles. The number of nitrogens with zero attached hydrogens (tertiary/aromatic N) is 1. The van der Waals surface area contributed by atoms with E-state index in [0.717, 1.165) is 37.1 Å². The maximum Gasteiger partial charge on any atom is 0.317 e. The van der Waals surface area contributed by atoms with Gasteiger partial charge in [-0.15, -0.1) is 0 Å². The Balaban J connectivity index is 1.99. The number of hydrogen-bond donors (Lipinski definition) is 2. The van der Waals surface area contributed by atoms with E-state index in [2.05, 4.69) is 12.2 Å². The molecule has 7 heteroatoms. The molecule has 1 aromatic rings. The third-order valence-electron chi connectivity index (χ3n) is 4.27. The molecule has 0 spiro atoms. The van der Waals surface area contributed by atoms with Gasteiger partial charge in [-0.2, -0.15) is 0 Å². The summed E-state index contributed by atoms with van der Waals surface area (Å²) in [6.07, 6.45) is 3.37. The highest BCUT2D eigenvalue weighted by Gasteiger charge is 2.19. The second kappa shape index (κ2) is 7.31. The van der Waals surface area contributed by atoms with E-state index in [9.17, 15) is 13.2 Å². The van der Waals surface area contributed by atoms with E-state index in [4.69, 9.17) is 5.14 Å². The maximum absolute atomic E-state index is 12.3. The second-order valence-electron chi connectivity index (χ2n) is 6.34. The molecule has 1 aromatic carbocycles.